The van der Waals surface area contributed by atoms with Gasteiger partial charge in [-0.15, -0.1) is 0 Å². The molecule has 18 heavy (non-hydrogen) atoms. The molecule has 0 unspecified atom stereocenters. The largest absolute Gasteiger partial charge is 0.0613 e. The second-order valence-corrected chi connectivity index (χ2v) is 4.99. The lowest BCUT2D eigenvalue weighted by Gasteiger charge is -2.10. The summed E-state index contributed by atoms with van der Waals surface area (Å²) < 4.78 is 0. The molecule has 0 amide bonds. The van der Waals surface area contributed by atoms with Gasteiger partial charge in [0.2, 0.25) is 0 Å². The number of rotatable bonds is 3. The molecule has 0 spiro atoms. The van der Waals surface area contributed by atoms with E-state index in [4.69, 9.17) is 0 Å². The van der Waals surface area contributed by atoms with Crippen molar-refractivity contribution in [1.82, 2.24) is 0 Å². The predicted octanol–water partition coefficient (Wildman–Crippen LogP) is 5.10. The van der Waals surface area contributed by atoms with Gasteiger partial charge in [-0.2, -0.15) is 0 Å². The normalized spacial score (nSPS) is 10.7. The Balaban J connectivity index is 2.42. The summed E-state index contributed by atoms with van der Waals surface area (Å²) in [5.74, 6) is 0. The van der Waals surface area contributed by atoms with Crippen LogP contribution in [0.1, 0.15) is 36.1 Å². The molecule has 0 atom stereocenters. The van der Waals surface area contributed by atoms with Crippen molar-refractivity contribution in [3.63, 3.8) is 0 Å². The number of aryl methyl sites for hydroxylation is 4. The zero-order valence-electron chi connectivity index (χ0n) is 11.9. The zero-order valence-corrected chi connectivity index (χ0v) is 11.9. The zero-order chi connectivity index (χ0) is 13.1. The molecule has 0 aliphatic carbocycles. The van der Waals surface area contributed by atoms with Crippen LogP contribution in [0.4, 0.5) is 0 Å². The van der Waals surface area contributed by atoms with Crippen LogP contribution in [0, 0.1) is 13.8 Å². The average Bonchev–Trinajstić information content (AvgIpc) is 2.38. The van der Waals surface area contributed by atoms with Crippen molar-refractivity contribution in [3.05, 3.63) is 58.7 Å². The third-order valence-electron chi connectivity index (χ3n) is 3.78. The molecule has 0 fully saturated rings. The molecule has 0 aromatic heterocycles. The highest BCUT2D eigenvalue weighted by Crippen LogP contribution is 2.25. The van der Waals surface area contributed by atoms with E-state index in [1.807, 2.05) is 0 Å². The summed E-state index contributed by atoms with van der Waals surface area (Å²) in [6.45, 7) is 8.83. The Morgan fingerprint density at radius 1 is 0.667 bits per heavy atom. The topological polar surface area (TPSA) is 0 Å². The summed E-state index contributed by atoms with van der Waals surface area (Å²) in [6.07, 6.45) is 2.22. The van der Waals surface area contributed by atoms with Crippen molar-refractivity contribution in [3.8, 4) is 11.1 Å². The lowest BCUT2D eigenvalue weighted by Crippen LogP contribution is -1.90. The van der Waals surface area contributed by atoms with Crippen molar-refractivity contribution in [2.75, 3.05) is 0 Å². The van der Waals surface area contributed by atoms with Gasteiger partial charge in [-0.05, 0) is 60.1 Å². The molecule has 94 valence electrons. The van der Waals surface area contributed by atoms with Crippen LogP contribution in [0.15, 0.2) is 36.4 Å². The first kappa shape index (κ1) is 12.9. The minimum atomic E-state index is 1.11. The Hall–Kier alpha value is -1.56. The van der Waals surface area contributed by atoms with Crippen LogP contribution >= 0.6 is 0 Å². The van der Waals surface area contributed by atoms with Gasteiger partial charge in [0.15, 0.2) is 0 Å². The van der Waals surface area contributed by atoms with Gasteiger partial charge in [-0.1, -0.05) is 50.2 Å². The van der Waals surface area contributed by atoms with Gasteiger partial charge in [0.1, 0.15) is 0 Å². The fourth-order valence-corrected chi connectivity index (χ4v) is 2.54. The first-order chi connectivity index (χ1) is 8.65. The van der Waals surface area contributed by atoms with E-state index < -0.39 is 0 Å². The number of benzene rings is 2. The van der Waals surface area contributed by atoms with Gasteiger partial charge in [0.25, 0.3) is 0 Å². The molecule has 0 N–H and O–H groups in total. The van der Waals surface area contributed by atoms with Crippen LogP contribution in [0.25, 0.3) is 11.1 Å². The Bertz CT molecular complexity index is 498. The lowest BCUT2D eigenvalue weighted by molar-refractivity contribution is 1.10. The van der Waals surface area contributed by atoms with E-state index in [2.05, 4.69) is 64.1 Å². The molecule has 0 saturated heterocycles. The van der Waals surface area contributed by atoms with Gasteiger partial charge in [0.05, 0.1) is 0 Å². The monoisotopic (exact) mass is 238 g/mol. The molecule has 2 rings (SSSR count). The molecule has 0 heteroatoms. The molecule has 0 aliphatic heterocycles. The highest BCUT2D eigenvalue weighted by atomic mass is 14.1. The number of hydrogen-bond acceptors (Lipinski definition) is 0. The maximum absolute atomic E-state index is 2.30. The maximum atomic E-state index is 2.30. The average molecular weight is 238 g/mol. The van der Waals surface area contributed by atoms with Crippen LogP contribution in [0.5, 0.6) is 0 Å². The van der Waals surface area contributed by atoms with Gasteiger partial charge in [-0.25, -0.2) is 0 Å². The Morgan fingerprint density at radius 2 is 1.06 bits per heavy atom. The highest BCUT2D eigenvalue weighted by Gasteiger charge is 2.03. The first-order valence-corrected chi connectivity index (χ1v) is 6.85. The summed E-state index contributed by atoms with van der Waals surface area (Å²) in [6, 6.07) is 13.6. The third-order valence-corrected chi connectivity index (χ3v) is 3.78. The molecular weight excluding hydrogens is 216 g/mol. The summed E-state index contributed by atoms with van der Waals surface area (Å²) in [7, 11) is 0. The van der Waals surface area contributed by atoms with Gasteiger partial charge < -0.3 is 0 Å². The van der Waals surface area contributed by atoms with Crippen molar-refractivity contribution >= 4 is 0 Å². The predicted molar refractivity (Wildman–Crippen MR) is 80.1 cm³/mol. The summed E-state index contributed by atoms with van der Waals surface area (Å²) in [4.78, 5) is 0. The molecule has 0 nitrogen and oxygen atoms in total. The summed E-state index contributed by atoms with van der Waals surface area (Å²) in [5, 5.41) is 0. The molecule has 0 aliphatic rings. The van der Waals surface area contributed by atoms with Crippen molar-refractivity contribution in [1.29, 1.82) is 0 Å². The molecule has 2 aromatic carbocycles. The van der Waals surface area contributed by atoms with Gasteiger partial charge >= 0.3 is 0 Å². The maximum Gasteiger partial charge on any atom is -0.0181 e. The third kappa shape index (κ3) is 2.48. The lowest BCUT2D eigenvalue weighted by atomic mass is 9.95. The quantitative estimate of drug-likeness (QED) is 0.698. The minimum absolute atomic E-state index is 1.11. The molecule has 0 heterocycles. The van der Waals surface area contributed by atoms with Crippen LogP contribution in [-0.2, 0) is 12.8 Å². The molecule has 0 radical (unpaired) electrons. The summed E-state index contributed by atoms with van der Waals surface area (Å²) in [5.41, 5.74) is 8.34. The van der Waals surface area contributed by atoms with E-state index in [1.165, 1.54) is 33.4 Å². The molecule has 2 aromatic rings. The van der Waals surface area contributed by atoms with Crippen LogP contribution < -0.4 is 0 Å². The van der Waals surface area contributed by atoms with Crippen molar-refractivity contribution < 1.29 is 0 Å². The summed E-state index contributed by atoms with van der Waals surface area (Å²) >= 11 is 0. The smallest absolute Gasteiger partial charge is 0.0181 e. The van der Waals surface area contributed by atoms with Crippen LogP contribution in [-0.4, -0.2) is 0 Å². The van der Waals surface area contributed by atoms with E-state index in [-0.39, 0.29) is 0 Å². The van der Waals surface area contributed by atoms with Crippen LogP contribution in [0.3, 0.4) is 0 Å². The fraction of sp³-hybridized carbons (Fsp3) is 0.333. The van der Waals surface area contributed by atoms with Crippen LogP contribution in [0.2, 0.25) is 0 Å². The Labute approximate surface area is 111 Å². The molecule has 0 saturated carbocycles. The second-order valence-electron chi connectivity index (χ2n) is 4.99. The van der Waals surface area contributed by atoms with Crippen molar-refractivity contribution in [2.24, 2.45) is 0 Å². The second kappa shape index (κ2) is 5.39. The van der Waals surface area contributed by atoms with E-state index in [1.54, 1.807) is 0 Å². The van der Waals surface area contributed by atoms with E-state index in [0.29, 0.717) is 0 Å². The SMILES string of the molecule is CCc1ccc(-c2ccc(CC)c(C)c2)cc1C. The standard InChI is InChI=1S/C18H22/c1-5-15-7-9-17(11-13(15)3)18-10-8-16(6-2)14(4)12-18/h7-12H,5-6H2,1-4H3. The Morgan fingerprint density at radius 3 is 1.33 bits per heavy atom. The first-order valence-electron chi connectivity index (χ1n) is 6.85. The molecule has 0 bridgehead atoms. The fourth-order valence-electron chi connectivity index (χ4n) is 2.54. The Kier molecular flexibility index (Phi) is 3.86. The van der Waals surface area contributed by atoms with Gasteiger partial charge in [-0.3, -0.25) is 0 Å². The van der Waals surface area contributed by atoms with E-state index in [9.17, 15) is 0 Å². The molecular formula is C18H22. The van der Waals surface area contributed by atoms with E-state index >= 15 is 0 Å². The minimum Gasteiger partial charge on any atom is -0.0613 e. The highest BCUT2D eigenvalue weighted by molar-refractivity contribution is 5.66. The van der Waals surface area contributed by atoms with E-state index in [0.717, 1.165) is 12.8 Å². The number of hydrogen-bond donors (Lipinski definition) is 0. The van der Waals surface area contributed by atoms with Crippen molar-refractivity contribution in [2.45, 2.75) is 40.5 Å². The van der Waals surface area contributed by atoms with Gasteiger partial charge in [0, 0.05) is 0 Å².